The second kappa shape index (κ2) is 9.00. The zero-order valence-electron chi connectivity index (χ0n) is 18.2. The number of aryl methyl sites for hydroxylation is 1. The first kappa shape index (κ1) is 21.8. The molecule has 0 saturated carbocycles. The summed E-state index contributed by atoms with van der Waals surface area (Å²) >= 11 is 1.32. The number of carbonyl (C=O) groups excluding carboxylic acids is 1. The third-order valence-electron chi connectivity index (χ3n) is 5.18. The zero-order valence-corrected chi connectivity index (χ0v) is 19.1. The Balaban J connectivity index is 1.98. The van der Waals surface area contributed by atoms with Crippen molar-refractivity contribution in [3.05, 3.63) is 66.2 Å². The van der Waals surface area contributed by atoms with E-state index in [1.54, 1.807) is 15.7 Å². The summed E-state index contributed by atoms with van der Waals surface area (Å²) in [5, 5.41) is 18.2. The summed E-state index contributed by atoms with van der Waals surface area (Å²) in [6.45, 7) is 9.69. The normalized spacial score (nSPS) is 14.5. The van der Waals surface area contributed by atoms with Crippen molar-refractivity contribution in [1.29, 1.82) is 0 Å². The lowest BCUT2D eigenvalue weighted by molar-refractivity contribution is -0.764. The van der Waals surface area contributed by atoms with Crippen LogP contribution in [0.25, 0.3) is 11.3 Å². The second-order valence-corrected chi connectivity index (χ2v) is 8.32. The predicted octanol–water partition coefficient (Wildman–Crippen LogP) is 3.40. The van der Waals surface area contributed by atoms with E-state index in [9.17, 15) is 9.90 Å². The second-order valence-electron chi connectivity index (χ2n) is 7.33. The van der Waals surface area contributed by atoms with Gasteiger partial charge in [0.1, 0.15) is 5.75 Å². The number of hydrogen-bond donors (Lipinski definition) is 0. The maximum Gasteiger partial charge on any atom is 0.293 e. The number of aromatic nitrogens is 3. The van der Waals surface area contributed by atoms with E-state index in [2.05, 4.69) is 16.7 Å². The van der Waals surface area contributed by atoms with Crippen LogP contribution in [0.1, 0.15) is 31.1 Å². The topological polar surface area (TPSA) is 82.3 Å². The molecule has 0 fully saturated rings. The monoisotopic (exact) mass is 448 g/mol. The van der Waals surface area contributed by atoms with Gasteiger partial charge in [-0.15, -0.1) is 6.58 Å². The van der Waals surface area contributed by atoms with Gasteiger partial charge in [0.2, 0.25) is 5.91 Å². The lowest BCUT2D eigenvalue weighted by Crippen LogP contribution is -2.58. The number of nitrogens with zero attached hydrogens (tertiary/aromatic N) is 4. The number of anilines is 1. The lowest BCUT2D eigenvalue weighted by atomic mass is 10.00. The van der Waals surface area contributed by atoms with Gasteiger partial charge in [-0.25, -0.2) is 9.88 Å². The Bertz CT molecular complexity index is 1200. The van der Waals surface area contributed by atoms with Crippen molar-refractivity contribution in [1.82, 2.24) is 10.1 Å². The number of amides is 1. The van der Waals surface area contributed by atoms with Gasteiger partial charge < -0.3 is 9.84 Å². The first-order valence-electron chi connectivity index (χ1n) is 10.3. The molecule has 1 atom stereocenters. The molecule has 0 bridgehead atoms. The fraction of sp³-hybridized carbons (Fsp3) is 0.250. The Morgan fingerprint density at radius 2 is 2.12 bits per heavy atom. The summed E-state index contributed by atoms with van der Waals surface area (Å²) < 4.78 is 7.31. The minimum atomic E-state index is -0.634. The van der Waals surface area contributed by atoms with Crippen LogP contribution < -0.4 is 19.4 Å². The van der Waals surface area contributed by atoms with E-state index in [4.69, 9.17) is 4.74 Å². The number of ether oxygens (including phenoxy) is 1. The molecule has 3 aromatic rings. The van der Waals surface area contributed by atoms with Crippen LogP contribution >= 0.6 is 11.8 Å². The first-order chi connectivity index (χ1) is 15.5. The van der Waals surface area contributed by atoms with Crippen molar-refractivity contribution in [2.24, 2.45) is 0 Å². The van der Waals surface area contributed by atoms with E-state index in [0.29, 0.717) is 34.5 Å². The number of carbonyl (C=O) groups is 1. The molecule has 0 radical (unpaired) electrons. The number of hydrogen-bond acceptors (Lipinski definition) is 6. The molecule has 164 valence electrons. The number of thioether (sulfide) groups is 1. The highest BCUT2D eigenvalue weighted by Gasteiger charge is 2.43. The molecule has 0 N–H and O–H groups in total. The van der Waals surface area contributed by atoms with Crippen molar-refractivity contribution in [2.45, 2.75) is 32.1 Å². The van der Waals surface area contributed by atoms with Gasteiger partial charge in [0.05, 0.1) is 23.7 Å². The average molecular weight is 449 g/mol. The van der Waals surface area contributed by atoms with Gasteiger partial charge in [0.15, 0.2) is 0 Å². The van der Waals surface area contributed by atoms with Crippen molar-refractivity contribution in [3.63, 3.8) is 0 Å². The van der Waals surface area contributed by atoms with Crippen LogP contribution in [0.2, 0.25) is 0 Å². The summed E-state index contributed by atoms with van der Waals surface area (Å²) in [7, 11) is 0. The zero-order chi connectivity index (χ0) is 22.8. The molecule has 1 aliphatic heterocycles. The molecule has 0 saturated heterocycles. The Morgan fingerprint density at radius 1 is 1.34 bits per heavy atom. The maximum atomic E-state index is 13.1. The fourth-order valence-electron chi connectivity index (χ4n) is 3.92. The van der Waals surface area contributed by atoms with Gasteiger partial charge in [-0.05, 0) is 49.7 Å². The highest BCUT2D eigenvalue weighted by atomic mass is 32.2. The molecule has 1 aromatic heterocycles. The highest BCUT2D eigenvalue weighted by molar-refractivity contribution is 7.99. The Kier molecular flexibility index (Phi) is 6.14. The van der Waals surface area contributed by atoms with Gasteiger partial charge in [-0.3, -0.25) is 4.79 Å². The number of benzene rings is 2. The van der Waals surface area contributed by atoms with Crippen molar-refractivity contribution < 1.29 is 19.3 Å². The van der Waals surface area contributed by atoms with E-state index < -0.39 is 6.17 Å². The minimum absolute atomic E-state index is 0.154. The highest BCUT2D eigenvalue weighted by Crippen LogP contribution is 2.41. The van der Waals surface area contributed by atoms with Gasteiger partial charge in [-0.2, -0.15) is 0 Å². The molecule has 0 aliphatic carbocycles. The van der Waals surface area contributed by atoms with Crippen LogP contribution in [-0.2, 0) is 4.79 Å². The van der Waals surface area contributed by atoms with Crippen LogP contribution in [0, 0.1) is 6.92 Å². The molecule has 1 aliphatic rings. The van der Waals surface area contributed by atoms with E-state index in [1.807, 2.05) is 56.3 Å². The van der Waals surface area contributed by atoms with Crippen LogP contribution in [0.3, 0.4) is 0 Å². The molecule has 1 unspecified atom stereocenters. The third kappa shape index (κ3) is 3.82. The molecule has 0 spiro atoms. The van der Waals surface area contributed by atoms with Crippen molar-refractivity contribution >= 4 is 23.4 Å². The van der Waals surface area contributed by atoms with Gasteiger partial charge in [0.25, 0.3) is 17.0 Å². The molecule has 32 heavy (non-hydrogen) atoms. The Morgan fingerprint density at radius 3 is 2.81 bits per heavy atom. The summed E-state index contributed by atoms with van der Waals surface area (Å²) in [6, 6.07) is 13.1. The van der Waals surface area contributed by atoms with Gasteiger partial charge >= 0.3 is 0 Å². The molecule has 2 aromatic carbocycles. The summed E-state index contributed by atoms with van der Waals surface area (Å²) in [6.07, 6.45) is 1.10. The number of para-hydroxylation sites is 1. The minimum Gasteiger partial charge on any atom is -0.854 e. The molecular formula is C24H24N4O3S. The molecular weight excluding hydrogens is 424 g/mol. The van der Waals surface area contributed by atoms with E-state index in [0.717, 1.165) is 16.9 Å². The van der Waals surface area contributed by atoms with E-state index in [1.165, 1.54) is 18.7 Å². The summed E-state index contributed by atoms with van der Waals surface area (Å²) in [4.78, 5) is 18.8. The Labute approximate surface area is 191 Å². The van der Waals surface area contributed by atoms with Crippen molar-refractivity contribution in [3.8, 4) is 22.9 Å². The summed E-state index contributed by atoms with van der Waals surface area (Å²) in [5.74, 6) is 0.813. The van der Waals surface area contributed by atoms with Crippen LogP contribution in [0.15, 0.2) is 60.3 Å². The fourth-order valence-corrected chi connectivity index (χ4v) is 4.48. The smallest absolute Gasteiger partial charge is 0.293 e. The van der Waals surface area contributed by atoms with Crippen LogP contribution in [-0.4, -0.2) is 28.3 Å². The van der Waals surface area contributed by atoms with Gasteiger partial charge in [-0.1, -0.05) is 34.7 Å². The maximum absolute atomic E-state index is 13.1. The van der Waals surface area contributed by atoms with Crippen molar-refractivity contribution in [2.75, 3.05) is 17.3 Å². The van der Waals surface area contributed by atoms with Crippen LogP contribution in [0.4, 0.5) is 5.69 Å². The van der Waals surface area contributed by atoms with Crippen LogP contribution in [0.5, 0.6) is 11.6 Å². The Hall–Kier alpha value is -3.39. The van der Waals surface area contributed by atoms with Gasteiger partial charge in [0, 0.05) is 23.3 Å². The third-order valence-corrected chi connectivity index (χ3v) is 6.02. The lowest BCUT2D eigenvalue weighted by Gasteiger charge is -2.33. The quantitative estimate of drug-likeness (QED) is 0.327. The summed E-state index contributed by atoms with van der Waals surface area (Å²) in [5.41, 5.74) is 3.40. The standard InChI is InChI=1S/C24H24N4O3S/c1-5-13-32-24-25-22(30)21-18-9-7-8-10-19(18)27(16(4)29)23(28(21)26-24)17-11-12-20(31-6-2)15(3)14-17/h5,7-12,14,23H,1,6,13H2,2-4H3. The molecule has 4 rings (SSSR count). The predicted molar refractivity (Wildman–Crippen MR) is 122 cm³/mol. The van der Waals surface area contributed by atoms with E-state index >= 15 is 0 Å². The molecule has 2 heterocycles. The molecule has 1 amide bonds. The number of rotatable bonds is 6. The average Bonchev–Trinajstić information content (AvgIpc) is 2.77. The first-order valence-corrected chi connectivity index (χ1v) is 11.3. The largest absolute Gasteiger partial charge is 0.854 e. The molecule has 8 heteroatoms. The van der Waals surface area contributed by atoms with E-state index in [-0.39, 0.29) is 11.8 Å². The number of fused-ring (bicyclic) bond motifs is 3. The SMILES string of the molecule is C=CCSc1nc([O-])c2[n+](n1)C(c1ccc(OCC)c(C)c1)N(C(C)=O)c1ccccc1-2. The molecule has 7 nitrogen and oxygen atoms in total.